The fourth-order valence-electron chi connectivity index (χ4n) is 4.40. The predicted molar refractivity (Wildman–Crippen MR) is 128 cm³/mol. The van der Waals surface area contributed by atoms with Crippen LogP contribution in [0.4, 0.5) is 0 Å². The van der Waals surface area contributed by atoms with Crippen molar-refractivity contribution in [1.82, 2.24) is 4.90 Å². The van der Waals surface area contributed by atoms with Crippen LogP contribution in [0.2, 0.25) is 0 Å². The second kappa shape index (κ2) is 16.0. The lowest BCUT2D eigenvalue weighted by molar-refractivity contribution is -0.156. The number of hydrogen-bond donors (Lipinski definition) is 2. The van der Waals surface area contributed by atoms with Crippen molar-refractivity contribution in [1.29, 1.82) is 0 Å². The Morgan fingerprint density at radius 2 is 1.50 bits per heavy atom. The summed E-state index contributed by atoms with van der Waals surface area (Å²) in [6.45, 7) is 2.04. The van der Waals surface area contributed by atoms with Gasteiger partial charge in [-0.25, -0.2) is 0 Å². The molecule has 1 fully saturated rings. The molecule has 2 rings (SSSR count). The van der Waals surface area contributed by atoms with Crippen LogP contribution in [-0.2, 0) is 23.9 Å². The van der Waals surface area contributed by atoms with E-state index in [2.05, 4.69) is 6.92 Å². The lowest BCUT2D eigenvalue weighted by atomic mass is 10.0. The van der Waals surface area contributed by atoms with Gasteiger partial charge in [-0.3, -0.25) is 19.3 Å². The summed E-state index contributed by atoms with van der Waals surface area (Å²) in [6.07, 6.45) is 13.8. The fraction of sp³-hybridized carbons (Fsp3) is 0.808. The minimum atomic E-state index is -1.36. The highest BCUT2D eigenvalue weighted by molar-refractivity contribution is 6.06. The van der Waals surface area contributed by atoms with Gasteiger partial charge in [0.15, 0.2) is 12.0 Å². The molecule has 4 atom stereocenters. The van der Waals surface area contributed by atoms with Gasteiger partial charge in [-0.2, -0.15) is 0 Å². The van der Waals surface area contributed by atoms with Crippen LogP contribution in [0.1, 0.15) is 103 Å². The molecule has 0 unspecified atom stereocenters. The first kappa shape index (κ1) is 28.5. The Hall–Kier alpha value is -1.77. The van der Waals surface area contributed by atoms with Crippen LogP contribution in [0, 0.1) is 0 Å². The number of aliphatic hydroxyl groups excluding tert-OH is 2. The summed E-state index contributed by atoms with van der Waals surface area (Å²) in [7, 11) is 0. The molecule has 34 heavy (non-hydrogen) atoms. The first-order chi connectivity index (χ1) is 16.4. The Morgan fingerprint density at radius 1 is 0.941 bits per heavy atom. The fourth-order valence-corrected chi connectivity index (χ4v) is 4.40. The first-order valence-electron chi connectivity index (χ1n) is 13.1. The summed E-state index contributed by atoms with van der Waals surface area (Å²) in [4.78, 5) is 36.5. The average Bonchev–Trinajstić information content (AvgIpc) is 3.09. The van der Waals surface area contributed by atoms with Crippen molar-refractivity contribution < 1.29 is 34.1 Å². The van der Waals surface area contributed by atoms with Gasteiger partial charge in [0.05, 0.1) is 6.42 Å². The highest BCUT2D eigenvalue weighted by Gasteiger charge is 2.47. The van der Waals surface area contributed by atoms with E-state index in [4.69, 9.17) is 9.47 Å². The maximum Gasteiger partial charge on any atom is 0.305 e. The van der Waals surface area contributed by atoms with Crippen LogP contribution in [0.5, 0.6) is 0 Å². The van der Waals surface area contributed by atoms with Gasteiger partial charge in [0.2, 0.25) is 5.91 Å². The molecule has 0 spiro atoms. The van der Waals surface area contributed by atoms with Crippen molar-refractivity contribution in [2.45, 2.75) is 128 Å². The summed E-state index contributed by atoms with van der Waals surface area (Å²) in [5.41, 5.74) is 0. The van der Waals surface area contributed by atoms with Crippen LogP contribution < -0.4 is 0 Å². The average molecular weight is 482 g/mol. The van der Waals surface area contributed by atoms with E-state index >= 15 is 0 Å². The normalized spacial score (nSPS) is 24.7. The van der Waals surface area contributed by atoms with E-state index < -0.39 is 30.4 Å². The van der Waals surface area contributed by atoms with Crippen molar-refractivity contribution in [2.24, 2.45) is 0 Å². The van der Waals surface area contributed by atoms with E-state index in [1.807, 2.05) is 0 Å². The molecule has 0 saturated carbocycles. The van der Waals surface area contributed by atoms with Gasteiger partial charge in [-0.05, 0) is 12.5 Å². The first-order valence-corrected chi connectivity index (χ1v) is 13.1. The van der Waals surface area contributed by atoms with Crippen molar-refractivity contribution in [2.75, 3.05) is 6.61 Å². The Morgan fingerprint density at radius 3 is 2.06 bits per heavy atom. The molecule has 0 aromatic carbocycles. The zero-order valence-electron chi connectivity index (χ0n) is 20.7. The number of allylic oxidation sites excluding steroid dienone is 1. The van der Waals surface area contributed by atoms with Gasteiger partial charge in [0, 0.05) is 12.6 Å². The van der Waals surface area contributed by atoms with E-state index in [1.165, 1.54) is 76.5 Å². The van der Waals surface area contributed by atoms with Gasteiger partial charge < -0.3 is 19.7 Å². The standard InChI is InChI=1S/C26H43NO7/c1-2-3-4-5-6-7-8-9-10-11-12-13-14-15-23(30)33-19-21-24(31)25(32)26(34-21)27-17-16-20(28)18-22(27)29/h16-17,21,24-26,31-32H,2-15,18-19H2,1H3/t21-,24+,25+,26-/m1/s1. The molecule has 0 aromatic heterocycles. The molecule has 1 saturated heterocycles. The molecule has 0 aliphatic carbocycles. The maximum atomic E-state index is 12.0. The van der Waals surface area contributed by atoms with Gasteiger partial charge in [-0.15, -0.1) is 0 Å². The smallest absolute Gasteiger partial charge is 0.305 e. The van der Waals surface area contributed by atoms with Crippen LogP contribution in [0.3, 0.4) is 0 Å². The third kappa shape index (κ3) is 9.84. The molecule has 194 valence electrons. The van der Waals surface area contributed by atoms with E-state index in [1.54, 1.807) is 0 Å². The number of carbonyl (C=O) groups is 3. The molecule has 2 heterocycles. The molecule has 8 heteroatoms. The predicted octanol–water partition coefficient (Wildman–Crippen LogP) is 3.77. The lowest BCUT2D eigenvalue weighted by Gasteiger charge is -2.28. The van der Waals surface area contributed by atoms with Gasteiger partial charge in [-0.1, -0.05) is 84.0 Å². The molecule has 2 N–H and O–H groups in total. The number of amides is 1. The molecule has 2 aliphatic heterocycles. The number of aliphatic hydroxyl groups is 2. The SMILES string of the molecule is CCCCCCCCCCCCCCCC(=O)OC[C@H]1O[C@@H](N2C=CC(=O)CC2=O)[C@@H](O)[C@H]1O. The molecule has 0 radical (unpaired) electrons. The van der Waals surface area contributed by atoms with Crippen molar-refractivity contribution in [3.05, 3.63) is 12.3 Å². The number of hydrogen-bond acceptors (Lipinski definition) is 7. The summed E-state index contributed by atoms with van der Waals surface area (Å²) < 4.78 is 10.8. The molecular weight excluding hydrogens is 438 g/mol. The summed E-state index contributed by atoms with van der Waals surface area (Å²) in [5.74, 6) is -1.20. The highest BCUT2D eigenvalue weighted by atomic mass is 16.6. The highest BCUT2D eigenvalue weighted by Crippen LogP contribution is 2.26. The molecule has 1 amide bonds. The second-order valence-corrected chi connectivity index (χ2v) is 9.48. The lowest BCUT2D eigenvalue weighted by Crippen LogP contribution is -2.46. The molecule has 2 aliphatic rings. The summed E-state index contributed by atoms with van der Waals surface area (Å²) >= 11 is 0. The minimum absolute atomic E-state index is 0.198. The van der Waals surface area contributed by atoms with Gasteiger partial charge in [0.1, 0.15) is 24.9 Å². The largest absolute Gasteiger partial charge is 0.463 e. The van der Waals surface area contributed by atoms with Crippen LogP contribution in [0.15, 0.2) is 12.3 Å². The Kier molecular flexibility index (Phi) is 13.4. The number of ether oxygens (including phenoxy) is 2. The van der Waals surface area contributed by atoms with Crippen molar-refractivity contribution >= 4 is 17.7 Å². The summed E-state index contributed by atoms with van der Waals surface area (Å²) in [5, 5.41) is 20.4. The Balaban J connectivity index is 1.50. The zero-order valence-corrected chi connectivity index (χ0v) is 20.7. The van der Waals surface area contributed by atoms with Gasteiger partial charge in [0.25, 0.3) is 0 Å². The van der Waals surface area contributed by atoms with Crippen LogP contribution in [-0.4, -0.2) is 63.9 Å². The molecule has 8 nitrogen and oxygen atoms in total. The van der Waals surface area contributed by atoms with E-state index in [0.29, 0.717) is 6.42 Å². The van der Waals surface area contributed by atoms with E-state index in [9.17, 15) is 24.6 Å². The van der Waals surface area contributed by atoms with Gasteiger partial charge >= 0.3 is 5.97 Å². The number of unbranched alkanes of at least 4 members (excludes halogenated alkanes) is 12. The topological polar surface area (TPSA) is 113 Å². The third-order valence-electron chi connectivity index (χ3n) is 6.54. The van der Waals surface area contributed by atoms with Crippen LogP contribution >= 0.6 is 0 Å². The van der Waals surface area contributed by atoms with Crippen molar-refractivity contribution in [3.63, 3.8) is 0 Å². The number of esters is 1. The van der Waals surface area contributed by atoms with Crippen LogP contribution in [0.25, 0.3) is 0 Å². The number of ketones is 1. The quantitative estimate of drug-likeness (QED) is 0.185. The zero-order chi connectivity index (χ0) is 24.8. The molecular formula is C26H43NO7. The number of nitrogens with zero attached hydrogens (tertiary/aromatic N) is 1. The Labute approximate surface area is 203 Å². The minimum Gasteiger partial charge on any atom is -0.463 e. The number of carbonyl (C=O) groups excluding carboxylic acids is 3. The molecule has 0 bridgehead atoms. The number of rotatable bonds is 17. The van der Waals surface area contributed by atoms with E-state index in [-0.39, 0.29) is 24.8 Å². The summed E-state index contributed by atoms with van der Waals surface area (Å²) in [6, 6.07) is 0. The van der Waals surface area contributed by atoms with E-state index in [0.717, 1.165) is 24.2 Å². The molecule has 0 aromatic rings. The second-order valence-electron chi connectivity index (χ2n) is 9.48. The van der Waals surface area contributed by atoms with Crippen molar-refractivity contribution in [3.8, 4) is 0 Å². The third-order valence-corrected chi connectivity index (χ3v) is 6.54. The Bertz CT molecular complexity index is 666. The monoisotopic (exact) mass is 481 g/mol. The maximum absolute atomic E-state index is 12.0.